The van der Waals surface area contributed by atoms with Crippen LogP contribution in [0.2, 0.25) is 0 Å². The largest absolute Gasteiger partial charge is 0.488 e. The van der Waals surface area contributed by atoms with Gasteiger partial charge in [-0.1, -0.05) is 36.8 Å². The van der Waals surface area contributed by atoms with Gasteiger partial charge in [-0.25, -0.2) is 9.55 Å². The number of hydrogen-bond acceptors (Lipinski definition) is 8. The molecule has 1 aliphatic rings. The van der Waals surface area contributed by atoms with E-state index in [0.717, 1.165) is 48.9 Å². The lowest BCUT2D eigenvalue weighted by atomic mass is 9.79. The maximum Gasteiger partial charge on any atom is 0.488 e. The number of anilines is 1. The van der Waals surface area contributed by atoms with Gasteiger partial charge in [0.05, 0.1) is 23.9 Å². The van der Waals surface area contributed by atoms with Crippen molar-refractivity contribution in [1.29, 1.82) is 0 Å². The van der Waals surface area contributed by atoms with E-state index in [1.165, 1.54) is 7.11 Å². The van der Waals surface area contributed by atoms with Crippen LogP contribution in [0.1, 0.15) is 46.4 Å². The van der Waals surface area contributed by atoms with E-state index in [9.17, 15) is 14.8 Å². The number of primary amides is 1. The molecule has 11 heteroatoms. The highest BCUT2D eigenvalue weighted by Crippen LogP contribution is 2.31. The van der Waals surface area contributed by atoms with Crippen LogP contribution in [0.25, 0.3) is 17.0 Å². The molecule has 5 N–H and O–H groups in total. The van der Waals surface area contributed by atoms with Gasteiger partial charge in [0.25, 0.3) is 5.91 Å². The van der Waals surface area contributed by atoms with E-state index >= 15 is 0 Å². The zero-order chi connectivity index (χ0) is 25.2. The van der Waals surface area contributed by atoms with Crippen molar-refractivity contribution in [2.45, 2.75) is 38.6 Å². The van der Waals surface area contributed by atoms with Crippen LogP contribution in [0, 0.1) is 0 Å². The number of imidazole rings is 1. The summed E-state index contributed by atoms with van der Waals surface area (Å²) in [5.41, 5.74) is 10.3. The Morgan fingerprint density at radius 3 is 2.69 bits per heavy atom. The molecule has 0 fully saturated rings. The molecular weight excluding hydrogens is 459 g/mol. The minimum absolute atomic E-state index is 0.253. The van der Waals surface area contributed by atoms with Gasteiger partial charge in [-0.3, -0.25) is 4.79 Å². The molecule has 184 valence electrons. The predicted molar refractivity (Wildman–Crippen MR) is 137 cm³/mol. The molecule has 0 aliphatic heterocycles. The van der Waals surface area contributed by atoms with Crippen molar-refractivity contribution in [3.05, 3.63) is 64.8 Å². The third-order valence-electron chi connectivity index (χ3n) is 6.43. The molecule has 2 heterocycles. The lowest BCUT2D eigenvalue weighted by Gasteiger charge is -2.16. The standard InChI is InChI=1S/C25H27BN6O4/c1-36-25-30-21-18(22(27)33)10-6-12-20(21)32(25)24-29-19-11-4-2-3-9-17(19)23(31-24)28-14-15-7-5-8-16(13-15)26(34)35/h5-8,10,12-13,34-35H,2-4,9,11,14H2,1H3,(H2,27,33)(H,28,29,31). The number of nitrogens with zero attached hydrogens (tertiary/aromatic N) is 4. The molecule has 0 saturated carbocycles. The minimum Gasteiger partial charge on any atom is -0.468 e. The smallest absolute Gasteiger partial charge is 0.468 e. The number of fused-ring (bicyclic) bond motifs is 2. The zero-order valence-electron chi connectivity index (χ0n) is 19.9. The normalized spacial score (nSPS) is 13.2. The van der Waals surface area contributed by atoms with Crippen LogP contribution in [-0.4, -0.2) is 49.7 Å². The number of hydrogen-bond donors (Lipinski definition) is 4. The highest BCUT2D eigenvalue weighted by atomic mass is 16.5. The minimum atomic E-state index is -1.53. The quantitative estimate of drug-likeness (QED) is 0.227. The molecule has 1 amide bonds. The van der Waals surface area contributed by atoms with Gasteiger partial charge in [-0.05, 0) is 48.8 Å². The summed E-state index contributed by atoms with van der Waals surface area (Å²) in [6, 6.07) is 12.6. The van der Waals surface area contributed by atoms with E-state index in [-0.39, 0.29) is 6.01 Å². The Kier molecular flexibility index (Phi) is 6.58. The topological polar surface area (TPSA) is 148 Å². The van der Waals surface area contributed by atoms with E-state index in [4.69, 9.17) is 20.4 Å². The number of ether oxygens (including phenoxy) is 1. The SMILES string of the molecule is COc1nc2c(C(N)=O)cccc2n1-c1nc2c(c(NCc3cccc(B(O)O)c3)n1)CCCCC2. The fourth-order valence-electron chi connectivity index (χ4n) is 4.66. The first-order chi connectivity index (χ1) is 17.5. The number of carbonyl (C=O) groups is 1. The van der Waals surface area contributed by atoms with Gasteiger partial charge in [-0.15, -0.1) is 0 Å². The van der Waals surface area contributed by atoms with E-state index in [1.807, 2.05) is 12.1 Å². The van der Waals surface area contributed by atoms with Crippen LogP contribution in [-0.2, 0) is 19.4 Å². The van der Waals surface area contributed by atoms with Crippen LogP contribution < -0.4 is 21.3 Å². The second-order valence-electron chi connectivity index (χ2n) is 8.80. The van der Waals surface area contributed by atoms with Crippen molar-refractivity contribution in [3.63, 3.8) is 0 Å². The first kappa shape index (κ1) is 23.8. The van der Waals surface area contributed by atoms with Crippen molar-refractivity contribution < 1.29 is 19.6 Å². The Bertz CT molecular complexity index is 1440. The number of aromatic nitrogens is 4. The number of nitrogens with two attached hydrogens (primary N) is 1. The number of aryl methyl sites for hydroxylation is 1. The van der Waals surface area contributed by atoms with Crippen molar-refractivity contribution in [3.8, 4) is 12.0 Å². The molecule has 1 aliphatic carbocycles. The molecule has 0 spiro atoms. The summed E-state index contributed by atoms with van der Waals surface area (Å²) < 4.78 is 7.24. The number of amides is 1. The van der Waals surface area contributed by atoms with Crippen LogP contribution in [0.4, 0.5) is 5.82 Å². The fourth-order valence-corrected chi connectivity index (χ4v) is 4.66. The van der Waals surface area contributed by atoms with Gasteiger partial charge in [0, 0.05) is 12.1 Å². The second kappa shape index (κ2) is 9.96. The first-order valence-corrected chi connectivity index (χ1v) is 11.9. The van der Waals surface area contributed by atoms with Gasteiger partial charge in [0.15, 0.2) is 0 Å². The molecule has 0 saturated heterocycles. The third kappa shape index (κ3) is 4.50. The summed E-state index contributed by atoms with van der Waals surface area (Å²) in [5.74, 6) is 0.522. The molecule has 4 aromatic rings. The van der Waals surface area contributed by atoms with Crippen LogP contribution in [0.5, 0.6) is 6.01 Å². The Balaban J connectivity index is 1.61. The molecule has 0 atom stereocenters. The van der Waals surface area contributed by atoms with Gasteiger partial charge in [0.1, 0.15) is 11.3 Å². The molecule has 36 heavy (non-hydrogen) atoms. The Morgan fingerprint density at radius 1 is 1.11 bits per heavy atom. The van der Waals surface area contributed by atoms with E-state index in [0.29, 0.717) is 40.4 Å². The molecule has 0 bridgehead atoms. The average molecular weight is 486 g/mol. The highest BCUT2D eigenvalue weighted by molar-refractivity contribution is 6.58. The molecular formula is C25H27BN6O4. The Labute approximate surface area is 208 Å². The molecule has 0 radical (unpaired) electrons. The molecule has 10 nitrogen and oxygen atoms in total. The maximum absolute atomic E-state index is 12.0. The van der Waals surface area contributed by atoms with Crippen LogP contribution in [0.3, 0.4) is 0 Å². The van der Waals surface area contributed by atoms with Gasteiger partial charge in [0.2, 0.25) is 5.95 Å². The van der Waals surface area contributed by atoms with Gasteiger partial charge < -0.3 is 25.8 Å². The lowest BCUT2D eigenvalue weighted by molar-refractivity contribution is 0.100. The molecule has 2 aromatic carbocycles. The van der Waals surface area contributed by atoms with Gasteiger partial charge >= 0.3 is 13.1 Å². The van der Waals surface area contributed by atoms with Gasteiger partial charge in [-0.2, -0.15) is 9.97 Å². The highest BCUT2D eigenvalue weighted by Gasteiger charge is 2.23. The molecule has 2 aromatic heterocycles. The average Bonchev–Trinajstić information content (AvgIpc) is 3.09. The summed E-state index contributed by atoms with van der Waals surface area (Å²) in [6.45, 7) is 0.442. The lowest BCUT2D eigenvalue weighted by Crippen LogP contribution is -2.30. The number of nitrogens with one attached hydrogen (secondary N) is 1. The summed E-state index contributed by atoms with van der Waals surface area (Å²) in [6.07, 6.45) is 4.89. The van der Waals surface area contributed by atoms with E-state index < -0.39 is 13.0 Å². The molecule has 5 rings (SSSR count). The first-order valence-electron chi connectivity index (χ1n) is 11.9. The summed E-state index contributed by atoms with van der Waals surface area (Å²) >= 11 is 0. The maximum atomic E-state index is 12.0. The summed E-state index contributed by atoms with van der Waals surface area (Å²) in [7, 11) is -0.0218. The number of carbonyl (C=O) groups excluding carboxylic acids is 1. The van der Waals surface area contributed by atoms with E-state index in [1.54, 1.807) is 34.9 Å². The van der Waals surface area contributed by atoms with Crippen LogP contribution >= 0.6 is 0 Å². The van der Waals surface area contributed by atoms with E-state index in [2.05, 4.69) is 10.3 Å². The second-order valence-corrected chi connectivity index (χ2v) is 8.80. The van der Waals surface area contributed by atoms with Crippen molar-refractivity contribution in [1.82, 2.24) is 19.5 Å². The molecule has 0 unspecified atom stereocenters. The van der Waals surface area contributed by atoms with Crippen molar-refractivity contribution in [2.24, 2.45) is 5.73 Å². The number of para-hydroxylation sites is 1. The van der Waals surface area contributed by atoms with Crippen molar-refractivity contribution in [2.75, 3.05) is 12.4 Å². The Hall–Kier alpha value is -3.96. The zero-order valence-corrected chi connectivity index (χ0v) is 19.9. The monoisotopic (exact) mass is 486 g/mol. The van der Waals surface area contributed by atoms with Crippen molar-refractivity contribution >= 4 is 35.3 Å². The predicted octanol–water partition coefficient (Wildman–Crippen LogP) is 1.48. The number of methoxy groups -OCH3 is 1. The van der Waals surface area contributed by atoms with Crippen LogP contribution in [0.15, 0.2) is 42.5 Å². The summed E-state index contributed by atoms with van der Waals surface area (Å²) in [5, 5.41) is 22.5. The Morgan fingerprint density at radius 2 is 1.92 bits per heavy atom. The number of rotatable bonds is 7. The summed E-state index contributed by atoms with van der Waals surface area (Å²) in [4.78, 5) is 26.3. The number of benzene rings is 2. The third-order valence-corrected chi connectivity index (χ3v) is 6.43. The fraction of sp³-hybridized carbons (Fsp3) is 0.280.